The molecule has 1 heterocycles. The van der Waals surface area contributed by atoms with E-state index >= 15 is 0 Å². The number of hydrogen-bond acceptors (Lipinski definition) is 4. The molecule has 0 aliphatic heterocycles. The number of aromatic nitrogens is 3. The van der Waals surface area contributed by atoms with E-state index in [1.165, 1.54) is 22.9 Å². The summed E-state index contributed by atoms with van der Waals surface area (Å²) in [6, 6.07) is 13.9. The number of hydrogen-bond donors (Lipinski definition) is 1. The van der Waals surface area contributed by atoms with E-state index < -0.39 is 0 Å². The van der Waals surface area contributed by atoms with Gasteiger partial charge in [-0.25, -0.2) is 0 Å². The number of anilines is 1. The van der Waals surface area contributed by atoms with E-state index in [1.54, 1.807) is 6.33 Å². The van der Waals surface area contributed by atoms with Gasteiger partial charge in [0.05, 0.1) is 5.75 Å². The van der Waals surface area contributed by atoms with Gasteiger partial charge in [-0.15, -0.1) is 10.2 Å². The largest absolute Gasteiger partial charge is 0.325 e. The van der Waals surface area contributed by atoms with Crippen LogP contribution in [0.25, 0.3) is 5.69 Å². The van der Waals surface area contributed by atoms with Gasteiger partial charge in [-0.3, -0.25) is 9.36 Å². The minimum absolute atomic E-state index is 0.0662. The van der Waals surface area contributed by atoms with Crippen LogP contribution < -0.4 is 5.32 Å². The molecule has 0 radical (unpaired) electrons. The second-order valence-electron chi connectivity index (χ2n) is 5.95. The number of thioether (sulfide) groups is 1. The Bertz CT molecular complexity index is 887. The number of nitrogens with zero attached hydrogens (tertiary/aromatic N) is 3. The van der Waals surface area contributed by atoms with Crippen LogP contribution in [0.15, 0.2) is 53.9 Å². The molecular weight excluding hydrogens is 332 g/mol. The van der Waals surface area contributed by atoms with Crippen molar-refractivity contribution in [1.29, 1.82) is 0 Å². The summed E-state index contributed by atoms with van der Waals surface area (Å²) < 4.78 is 1.90. The normalized spacial score (nSPS) is 10.7. The van der Waals surface area contributed by atoms with E-state index in [0.29, 0.717) is 5.16 Å². The van der Waals surface area contributed by atoms with Crippen molar-refractivity contribution in [3.8, 4) is 5.69 Å². The highest BCUT2D eigenvalue weighted by atomic mass is 32.2. The molecule has 0 spiro atoms. The third-order valence-corrected chi connectivity index (χ3v) is 4.90. The lowest BCUT2D eigenvalue weighted by molar-refractivity contribution is -0.113. The average Bonchev–Trinajstić information content (AvgIpc) is 3.06. The number of amides is 1. The molecule has 1 aromatic heterocycles. The molecule has 1 N–H and O–H groups in total. The summed E-state index contributed by atoms with van der Waals surface area (Å²) in [5.74, 6) is 0.209. The van der Waals surface area contributed by atoms with Crippen LogP contribution >= 0.6 is 11.8 Å². The molecule has 0 saturated carbocycles. The van der Waals surface area contributed by atoms with Gasteiger partial charge in [0.1, 0.15) is 6.33 Å². The van der Waals surface area contributed by atoms with Crippen molar-refractivity contribution in [3.05, 3.63) is 65.5 Å². The Labute approximate surface area is 151 Å². The van der Waals surface area contributed by atoms with Gasteiger partial charge in [0.2, 0.25) is 5.91 Å². The van der Waals surface area contributed by atoms with Gasteiger partial charge >= 0.3 is 0 Å². The van der Waals surface area contributed by atoms with Crippen molar-refractivity contribution >= 4 is 23.4 Å². The first-order chi connectivity index (χ1) is 12.0. The van der Waals surface area contributed by atoms with Crippen LogP contribution in [-0.4, -0.2) is 26.4 Å². The zero-order chi connectivity index (χ0) is 17.8. The molecule has 0 fully saturated rings. The number of rotatable bonds is 5. The summed E-state index contributed by atoms with van der Waals surface area (Å²) in [6.07, 6.45) is 1.67. The summed E-state index contributed by atoms with van der Waals surface area (Å²) in [6.45, 7) is 6.17. The van der Waals surface area contributed by atoms with E-state index in [-0.39, 0.29) is 11.7 Å². The summed E-state index contributed by atoms with van der Waals surface area (Å²) in [5.41, 5.74) is 5.40. The predicted molar refractivity (Wildman–Crippen MR) is 101 cm³/mol. The predicted octanol–water partition coefficient (Wildman–Crippen LogP) is 3.92. The first-order valence-corrected chi connectivity index (χ1v) is 8.98. The standard InChI is InChI=1S/C19H20N4OS/c1-13-4-7-16(8-5-13)21-18(24)11-25-19-22-20-12-23(19)17-9-6-14(2)15(3)10-17/h4-10,12H,11H2,1-3H3,(H,21,24). The molecule has 0 unspecified atom stereocenters. The summed E-state index contributed by atoms with van der Waals surface area (Å²) in [5, 5.41) is 11.7. The third kappa shape index (κ3) is 4.28. The molecule has 1 amide bonds. The smallest absolute Gasteiger partial charge is 0.234 e. The number of aryl methyl sites for hydroxylation is 3. The van der Waals surface area contributed by atoms with E-state index in [0.717, 1.165) is 16.9 Å². The molecule has 0 saturated heterocycles. The first-order valence-electron chi connectivity index (χ1n) is 8.00. The highest BCUT2D eigenvalue weighted by Crippen LogP contribution is 2.21. The molecular formula is C19H20N4OS. The van der Waals surface area contributed by atoms with E-state index in [4.69, 9.17) is 0 Å². The van der Waals surface area contributed by atoms with E-state index in [9.17, 15) is 4.79 Å². The van der Waals surface area contributed by atoms with Gasteiger partial charge in [-0.1, -0.05) is 35.5 Å². The molecule has 3 rings (SSSR count). The minimum atomic E-state index is -0.0662. The van der Waals surface area contributed by atoms with Crippen LogP contribution in [-0.2, 0) is 4.79 Å². The third-order valence-electron chi connectivity index (χ3n) is 3.95. The Balaban J connectivity index is 1.66. The van der Waals surface area contributed by atoms with Gasteiger partial charge < -0.3 is 5.32 Å². The van der Waals surface area contributed by atoms with E-state index in [1.807, 2.05) is 41.8 Å². The van der Waals surface area contributed by atoms with Gasteiger partial charge in [0.25, 0.3) is 0 Å². The molecule has 6 heteroatoms. The van der Waals surface area contributed by atoms with Crippen LogP contribution in [0.5, 0.6) is 0 Å². The molecule has 128 valence electrons. The van der Waals surface area contributed by atoms with Gasteiger partial charge in [-0.2, -0.15) is 0 Å². The maximum atomic E-state index is 12.1. The highest BCUT2D eigenvalue weighted by Gasteiger charge is 2.11. The zero-order valence-electron chi connectivity index (χ0n) is 14.5. The topological polar surface area (TPSA) is 59.8 Å². The fourth-order valence-corrected chi connectivity index (χ4v) is 3.07. The fourth-order valence-electron chi connectivity index (χ4n) is 2.34. The van der Waals surface area contributed by atoms with Crippen LogP contribution in [0.4, 0.5) is 5.69 Å². The van der Waals surface area contributed by atoms with Gasteiger partial charge in [0, 0.05) is 11.4 Å². The lowest BCUT2D eigenvalue weighted by Gasteiger charge is -2.09. The Morgan fingerprint density at radius 3 is 2.56 bits per heavy atom. The molecule has 25 heavy (non-hydrogen) atoms. The Hall–Kier alpha value is -2.60. The van der Waals surface area contributed by atoms with Crippen LogP contribution in [0.1, 0.15) is 16.7 Å². The van der Waals surface area contributed by atoms with Crippen molar-refractivity contribution in [2.45, 2.75) is 25.9 Å². The molecule has 3 aromatic rings. The van der Waals surface area contributed by atoms with Gasteiger partial charge in [-0.05, 0) is 56.2 Å². The zero-order valence-corrected chi connectivity index (χ0v) is 15.3. The molecule has 0 aliphatic carbocycles. The van der Waals surface area contributed by atoms with Gasteiger partial charge in [0.15, 0.2) is 5.16 Å². The highest BCUT2D eigenvalue weighted by molar-refractivity contribution is 7.99. The monoisotopic (exact) mass is 352 g/mol. The van der Waals surface area contributed by atoms with Crippen LogP contribution in [0.3, 0.4) is 0 Å². The minimum Gasteiger partial charge on any atom is -0.325 e. The SMILES string of the molecule is Cc1ccc(NC(=O)CSc2nncn2-c2ccc(C)c(C)c2)cc1. The quantitative estimate of drug-likeness (QED) is 0.707. The van der Waals surface area contributed by atoms with E-state index in [2.05, 4.69) is 41.5 Å². The first kappa shape index (κ1) is 17.2. The fraction of sp³-hybridized carbons (Fsp3) is 0.211. The number of nitrogens with one attached hydrogen (secondary N) is 1. The summed E-state index contributed by atoms with van der Waals surface area (Å²) in [7, 11) is 0. The molecule has 0 aliphatic rings. The summed E-state index contributed by atoms with van der Waals surface area (Å²) in [4.78, 5) is 12.1. The van der Waals surface area contributed by atoms with Crippen molar-refractivity contribution in [2.75, 3.05) is 11.1 Å². The number of carbonyl (C=O) groups is 1. The van der Waals surface area contributed by atoms with Crippen molar-refractivity contribution in [2.24, 2.45) is 0 Å². The van der Waals surface area contributed by atoms with Crippen LogP contribution in [0, 0.1) is 20.8 Å². The Kier molecular flexibility index (Phi) is 5.19. The summed E-state index contributed by atoms with van der Waals surface area (Å²) >= 11 is 1.37. The lowest BCUT2D eigenvalue weighted by Crippen LogP contribution is -2.14. The lowest BCUT2D eigenvalue weighted by atomic mass is 10.1. The average molecular weight is 352 g/mol. The Morgan fingerprint density at radius 2 is 1.84 bits per heavy atom. The number of carbonyl (C=O) groups excluding carboxylic acids is 1. The van der Waals surface area contributed by atoms with Crippen molar-refractivity contribution in [3.63, 3.8) is 0 Å². The second-order valence-corrected chi connectivity index (χ2v) is 6.90. The molecule has 0 bridgehead atoms. The van der Waals surface area contributed by atoms with Crippen LogP contribution in [0.2, 0.25) is 0 Å². The maximum absolute atomic E-state index is 12.1. The molecule has 0 atom stereocenters. The molecule has 2 aromatic carbocycles. The second kappa shape index (κ2) is 7.53. The number of benzene rings is 2. The van der Waals surface area contributed by atoms with Crippen molar-refractivity contribution in [1.82, 2.24) is 14.8 Å². The van der Waals surface area contributed by atoms with Crippen molar-refractivity contribution < 1.29 is 4.79 Å². The molecule has 5 nitrogen and oxygen atoms in total. The maximum Gasteiger partial charge on any atom is 0.234 e. The Morgan fingerprint density at radius 1 is 1.08 bits per heavy atom.